The van der Waals surface area contributed by atoms with Gasteiger partial charge < -0.3 is 5.11 Å². The van der Waals surface area contributed by atoms with E-state index in [-0.39, 0.29) is 10.6 Å². The van der Waals surface area contributed by atoms with Crippen molar-refractivity contribution in [1.82, 2.24) is 3.97 Å². The van der Waals surface area contributed by atoms with Crippen molar-refractivity contribution >= 4 is 20.9 Å². The van der Waals surface area contributed by atoms with Gasteiger partial charge in [-0.25, -0.2) is 12.4 Å². The second-order valence-electron chi connectivity index (χ2n) is 6.41. The highest BCUT2D eigenvalue weighted by molar-refractivity contribution is 7.90. The van der Waals surface area contributed by atoms with E-state index >= 15 is 0 Å². The molecule has 0 atom stereocenters. The lowest BCUT2D eigenvalue weighted by Crippen LogP contribution is -2.14. The van der Waals surface area contributed by atoms with Gasteiger partial charge in [-0.05, 0) is 48.9 Å². The number of rotatable bonds is 3. The summed E-state index contributed by atoms with van der Waals surface area (Å²) in [5.41, 5.74) is 2.05. The summed E-state index contributed by atoms with van der Waals surface area (Å²) in [6, 6.07) is 22.0. The molecule has 0 amide bonds. The number of fused-ring (bicyclic) bond motifs is 1. The lowest BCUT2D eigenvalue weighted by molar-refractivity contribution is 0.476. The van der Waals surface area contributed by atoms with Crippen molar-refractivity contribution in [3.8, 4) is 23.1 Å². The van der Waals surface area contributed by atoms with Crippen molar-refractivity contribution in [3.05, 3.63) is 83.9 Å². The molecule has 0 aliphatic rings. The third-order valence-corrected chi connectivity index (χ3v) is 6.51. The number of nitriles is 1. The van der Waals surface area contributed by atoms with Crippen LogP contribution in [0.5, 0.6) is 5.75 Å². The molecule has 0 radical (unpaired) electrons. The summed E-state index contributed by atoms with van der Waals surface area (Å²) in [5.74, 6) is -0.0798. The lowest BCUT2D eigenvalue weighted by Gasteiger charge is -2.15. The average Bonchev–Trinajstić information content (AvgIpc) is 3.08. The molecule has 138 valence electrons. The minimum Gasteiger partial charge on any atom is -0.507 e. The highest BCUT2D eigenvalue weighted by Crippen LogP contribution is 2.39. The topological polar surface area (TPSA) is 83.1 Å². The number of aromatic hydroxyl groups is 1. The summed E-state index contributed by atoms with van der Waals surface area (Å²) < 4.78 is 28.2. The minimum atomic E-state index is -3.93. The van der Waals surface area contributed by atoms with E-state index in [2.05, 4.69) is 6.07 Å². The Kier molecular flexibility index (Phi) is 4.17. The molecule has 1 aromatic heterocycles. The molecule has 1 heterocycles. The van der Waals surface area contributed by atoms with Gasteiger partial charge in [-0.1, -0.05) is 36.4 Å². The van der Waals surface area contributed by atoms with Crippen LogP contribution in [0.1, 0.15) is 11.1 Å². The average molecular weight is 388 g/mol. The van der Waals surface area contributed by atoms with Crippen molar-refractivity contribution in [2.75, 3.05) is 0 Å². The summed E-state index contributed by atoms with van der Waals surface area (Å²) in [6.45, 7) is 1.70. The molecule has 0 unspecified atom stereocenters. The summed E-state index contributed by atoms with van der Waals surface area (Å²) in [7, 11) is -3.93. The number of hydrogen-bond donors (Lipinski definition) is 1. The number of nitrogens with zero attached hydrogens (tertiary/aromatic N) is 2. The van der Waals surface area contributed by atoms with Crippen LogP contribution in [-0.2, 0) is 10.0 Å². The zero-order valence-electron chi connectivity index (χ0n) is 15.0. The second-order valence-corrected chi connectivity index (χ2v) is 8.20. The van der Waals surface area contributed by atoms with E-state index < -0.39 is 10.0 Å². The van der Waals surface area contributed by atoms with Crippen LogP contribution in [0.3, 0.4) is 0 Å². The molecular weight excluding hydrogens is 372 g/mol. The Labute approximate surface area is 162 Å². The zero-order chi connectivity index (χ0) is 19.9. The van der Waals surface area contributed by atoms with Crippen molar-refractivity contribution in [2.24, 2.45) is 0 Å². The summed E-state index contributed by atoms with van der Waals surface area (Å²) in [5, 5.41) is 20.6. The highest BCUT2D eigenvalue weighted by Gasteiger charge is 2.26. The van der Waals surface area contributed by atoms with E-state index in [1.165, 1.54) is 28.2 Å². The quantitative estimate of drug-likeness (QED) is 0.563. The Bertz CT molecular complexity index is 1350. The Hall–Kier alpha value is -3.56. The monoisotopic (exact) mass is 388 g/mol. The molecule has 6 heteroatoms. The molecule has 3 aromatic carbocycles. The highest BCUT2D eigenvalue weighted by atomic mass is 32.2. The van der Waals surface area contributed by atoms with Crippen LogP contribution >= 0.6 is 0 Å². The number of phenols is 1. The molecule has 0 aliphatic carbocycles. The SMILES string of the molecule is Cc1c(C#N)ccc(O)c1-c1cc2ccccc2n1S(=O)(=O)c1ccccc1. The second kappa shape index (κ2) is 6.55. The van der Waals surface area contributed by atoms with Crippen molar-refractivity contribution in [3.63, 3.8) is 0 Å². The first-order valence-corrected chi connectivity index (χ1v) is 10.0. The minimum absolute atomic E-state index is 0.0798. The molecule has 28 heavy (non-hydrogen) atoms. The molecule has 4 rings (SSSR count). The summed E-state index contributed by atoms with van der Waals surface area (Å²) in [6.07, 6.45) is 0. The largest absolute Gasteiger partial charge is 0.507 e. The fraction of sp³-hybridized carbons (Fsp3) is 0.0455. The standard InChI is InChI=1S/C22H16N2O3S/c1-15-17(14-23)11-12-21(25)22(15)20-13-16-7-5-6-10-19(16)24(20)28(26,27)18-8-3-2-4-9-18/h2-13,25H,1H3. The van der Waals surface area contributed by atoms with E-state index in [0.29, 0.717) is 27.9 Å². The van der Waals surface area contributed by atoms with Gasteiger partial charge in [0.15, 0.2) is 0 Å². The Morgan fingerprint density at radius 3 is 2.36 bits per heavy atom. The first-order chi connectivity index (χ1) is 13.4. The number of aromatic nitrogens is 1. The van der Waals surface area contributed by atoms with E-state index in [4.69, 9.17) is 0 Å². The third-order valence-electron chi connectivity index (χ3n) is 4.77. The van der Waals surface area contributed by atoms with Gasteiger partial charge in [0.05, 0.1) is 27.7 Å². The lowest BCUT2D eigenvalue weighted by atomic mass is 9.99. The Morgan fingerprint density at radius 1 is 0.964 bits per heavy atom. The molecule has 0 aliphatic heterocycles. The molecule has 5 nitrogen and oxygen atoms in total. The van der Waals surface area contributed by atoms with Gasteiger partial charge in [0.1, 0.15) is 5.75 Å². The van der Waals surface area contributed by atoms with Gasteiger partial charge in [-0.15, -0.1) is 0 Å². The molecule has 0 bridgehead atoms. The molecule has 0 fully saturated rings. The first kappa shape index (κ1) is 17.8. The molecule has 0 saturated heterocycles. The normalized spacial score (nSPS) is 11.4. The fourth-order valence-corrected chi connectivity index (χ4v) is 4.94. The van der Waals surface area contributed by atoms with Crippen LogP contribution in [-0.4, -0.2) is 17.5 Å². The zero-order valence-corrected chi connectivity index (χ0v) is 15.8. The van der Waals surface area contributed by atoms with Crippen LogP contribution in [0.4, 0.5) is 0 Å². The Morgan fingerprint density at radius 2 is 1.64 bits per heavy atom. The molecule has 0 saturated carbocycles. The van der Waals surface area contributed by atoms with Crippen LogP contribution in [0.2, 0.25) is 0 Å². The van der Waals surface area contributed by atoms with E-state index in [0.717, 1.165) is 5.39 Å². The molecule has 0 spiro atoms. The molecular formula is C22H16N2O3S. The Balaban J connectivity index is 2.14. The van der Waals surface area contributed by atoms with Gasteiger partial charge in [0.2, 0.25) is 0 Å². The predicted molar refractivity (Wildman–Crippen MR) is 108 cm³/mol. The van der Waals surface area contributed by atoms with Crippen LogP contribution in [0.25, 0.3) is 22.2 Å². The predicted octanol–water partition coefficient (Wildman–Crippen LogP) is 4.43. The summed E-state index contributed by atoms with van der Waals surface area (Å²) >= 11 is 0. The van der Waals surface area contributed by atoms with Crippen LogP contribution in [0, 0.1) is 18.3 Å². The third kappa shape index (κ3) is 2.65. The van der Waals surface area contributed by atoms with E-state index in [1.807, 2.05) is 12.1 Å². The van der Waals surface area contributed by atoms with Crippen molar-refractivity contribution in [1.29, 1.82) is 5.26 Å². The molecule has 1 N–H and O–H groups in total. The summed E-state index contributed by atoms with van der Waals surface area (Å²) in [4.78, 5) is 0.145. The van der Waals surface area contributed by atoms with Crippen LogP contribution in [0.15, 0.2) is 77.7 Å². The van der Waals surface area contributed by atoms with E-state index in [1.54, 1.807) is 43.3 Å². The fourth-order valence-electron chi connectivity index (χ4n) is 3.40. The maximum absolute atomic E-state index is 13.5. The van der Waals surface area contributed by atoms with Gasteiger partial charge in [0.25, 0.3) is 10.0 Å². The number of benzene rings is 3. The number of hydrogen-bond acceptors (Lipinski definition) is 4. The number of phenolic OH excluding ortho intramolecular Hbond substituents is 1. The van der Waals surface area contributed by atoms with Crippen molar-refractivity contribution in [2.45, 2.75) is 11.8 Å². The molecule has 4 aromatic rings. The van der Waals surface area contributed by atoms with Crippen molar-refractivity contribution < 1.29 is 13.5 Å². The van der Waals surface area contributed by atoms with Gasteiger partial charge in [0, 0.05) is 10.9 Å². The maximum atomic E-state index is 13.5. The number of para-hydroxylation sites is 1. The maximum Gasteiger partial charge on any atom is 0.268 e. The van der Waals surface area contributed by atoms with Gasteiger partial charge in [-0.2, -0.15) is 5.26 Å². The van der Waals surface area contributed by atoms with E-state index in [9.17, 15) is 18.8 Å². The smallest absolute Gasteiger partial charge is 0.268 e. The van der Waals surface area contributed by atoms with Crippen LogP contribution < -0.4 is 0 Å². The van der Waals surface area contributed by atoms with Gasteiger partial charge in [-0.3, -0.25) is 0 Å². The van der Waals surface area contributed by atoms with Gasteiger partial charge >= 0.3 is 0 Å². The first-order valence-electron chi connectivity index (χ1n) is 8.59.